The lowest BCUT2D eigenvalue weighted by molar-refractivity contribution is -0.120. The van der Waals surface area contributed by atoms with Crippen molar-refractivity contribution in [3.63, 3.8) is 0 Å². The van der Waals surface area contributed by atoms with Crippen LogP contribution in [0, 0.1) is 19.7 Å². The van der Waals surface area contributed by atoms with Crippen molar-refractivity contribution < 1.29 is 18.8 Å². The number of nitrogens with one attached hydrogen (secondary N) is 3. The molecule has 7 nitrogen and oxygen atoms in total. The van der Waals surface area contributed by atoms with E-state index >= 15 is 0 Å². The van der Waals surface area contributed by atoms with Crippen LogP contribution in [0.3, 0.4) is 0 Å². The van der Waals surface area contributed by atoms with E-state index in [1.807, 2.05) is 6.92 Å². The van der Waals surface area contributed by atoms with Gasteiger partial charge >= 0.3 is 0 Å². The molecule has 3 N–H and O–H groups in total. The maximum Gasteiger partial charge on any atom is 0.271 e. The molecule has 0 aliphatic rings. The van der Waals surface area contributed by atoms with Crippen molar-refractivity contribution in [2.75, 3.05) is 6.54 Å². The number of halogens is 2. The summed E-state index contributed by atoms with van der Waals surface area (Å²) in [6, 6.07) is 14.0. The van der Waals surface area contributed by atoms with Gasteiger partial charge in [-0.15, -0.1) is 0 Å². The number of aryl methyl sites for hydroxylation is 1. The van der Waals surface area contributed by atoms with Crippen LogP contribution in [-0.4, -0.2) is 28.8 Å². The molecule has 1 aromatic heterocycles. The molecule has 3 aromatic rings. The number of carbonyl (C=O) groups excluding carboxylic acids is 3. The van der Waals surface area contributed by atoms with Gasteiger partial charge in [0.05, 0.1) is 22.7 Å². The second kappa shape index (κ2) is 9.44. The number of nitrogens with zero attached hydrogens (tertiary/aromatic N) is 1. The number of rotatable bonds is 5. The molecule has 1 heterocycles. The highest BCUT2D eigenvalue weighted by atomic mass is 35.5. The predicted molar refractivity (Wildman–Crippen MR) is 115 cm³/mol. The number of aromatic nitrogens is 1. The summed E-state index contributed by atoms with van der Waals surface area (Å²) in [6.07, 6.45) is 0. The van der Waals surface area contributed by atoms with E-state index in [4.69, 9.17) is 11.6 Å². The minimum Gasteiger partial charge on any atom is -0.343 e. The topological polar surface area (TPSA) is 92.2 Å². The molecular formula is C22H20ClFN4O3. The van der Waals surface area contributed by atoms with Crippen LogP contribution >= 0.6 is 11.6 Å². The Hall–Kier alpha value is -3.65. The van der Waals surface area contributed by atoms with Crippen LogP contribution in [0.15, 0.2) is 54.6 Å². The van der Waals surface area contributed by atoms with Gasteiger partial charge in [0, 0.05) is 17.1 Å². The van der Waals surface area contributed by atoms with Gasteiger partial charge in [0.1, 0.15) is 5.82 Å². The van der Waals surface area contributed by atoms with Crippen LogP contribution in [0.4, 0.5) is 4.39 Å². The Morgan fingerprint density at radius 3 is 2.29 bits per heavy atom. The monoisotopic (exact) mass is 442 g/mol. The summed E-state index contributed by atoms with van der Waals surface area (Å²) in [6.45, 7) is 3.21. The normalized spacial score (nSPS) is 10.5. The Kier molecular flexibility index (Phi) is 6.71. The quantitative estimate of drug-likeness (QED) is 0.530. The van der Waals surface area contributed by atoms with Gasteiger partial charge in [-0.25, -0.2) is 4.39 Å². The zero-order valence-electron chi connectivity index (χ0n) is 16.8. The van der Waals surface area contributed by atoms with Gasteiger partial charge in [-0.3, -0.25) is 25.2 Å². The fraction of sp³-hybridized carbons (Fsp3) is 0.136. The highest BCUT2D eigenvalue weighted by Gasteiger charge is 2.18. The standard InChI is InChI=1S/C22H20ClFN4O3/c1-13-11-18(14(2)28(13)16-9-7-15(24)8-10-16)22(31)27-26-20(29)12-25-21(30)17-5-3-4-6-19(17)23/h3-11H,12H2,1-2H3,(H,25,30)(H,26,29)(H,27,31). The Balaban J connectivity index is 1.59. The molecule has 3 rings (SSSR count). The van der Waals surface area contributed by atoms with Crippen LogP contribution in [0.1, 0.15) is 32.1 Å². The third-order valence-electron chi connectivity index (χ3n) is 4.60. The molecule has 31 heavy (non-hydrogen) atoms. The Morgan fingerprint density at radius 1 is 0.935 bits per heavy atom. The van der Waals surface area contributed by atoms with Crippen molar-refractivity contribution in [2.24, 2.45) is 0 Å². The average molecular weight is 443 g/mol. The molecule has 0 bridgehead atoms. The number of hydrogen-bond acceptors (Lipinski definition) is 3. The molecule has 0 saturated carbocycles. The number of hydrazine groups is 1. The lowest BCUT2D eigenvalue weighted by atomic mass is 10.2. The molecule has 2 aromatic carbocycles. The third-order valence-corrected chi connectivity index (χ3v) is 4.93. The summed E-state index contributed by atoms with van der Waals surface area (Å²) in [4.78, 5) is 36.6. The number of carbonyl (C=O) groups is 3. The highest BCUT2D eigenvalue weighted by Crippen LogP contribution is 2.21. The summed E-state index contributed by atoms with van der Waals surface area (Å²) >= 11 is 5.95. The molecule has 3 amide bonds. The van der Waals surface area contributed by atoms with Gasteiger partial charge in [-0.05, 0) is 56.3 Å². The molecule has 160 valence electrons. The van der Waals surface area contributed by atoms with Crippen LogP contribution < -0.4 is 16.2 Å². The van der Waals surface area contributed by atoms with Crippen molar-refractivity contribution in [3.8, 4) is 5.69 Å². The lowest BCUT2D eigenvalue weighted by Crippen LogP contribution is -2.46. The second-order valence-corrected chi connectivity index (χ2v) is 7.17. The lowest BCUT2D eigenvalue weighted by Gasteiger charge is -2.11. The molecule has 0 radical (unpaired) electrons. The van der Waals surface area contributed by atoms with Crippen LogP contribution in [0.5, 0.6) is 0 Å². The largest absolute Gasteiger partial charge is 0.343 e. The summed E-state index contributed by atoms with van der Waals surface area (Å²) in [5, 5.41) is 2.70. The second-order valence-electron chi connectivity index (χ2n) is 6.76. The van der Waals surface area contributed by atoms with Crippen molar-refractivity contribution in [2.45, 2.75) is 13.8 Å². The predicted octanol–water partition coefficient (Wildman–Crippen LogP) is 3.08. The van der Waals surface area contributed by atoms with Crippen molar-refractivity contribution in [1.82, 2.24) is 20.7 Å². The minimum absolute atomic E-state index is 0.245. The van der Waals surface area contributed by atoms with Crippen LogP contribution in [0.2, 0.25) is 5.02 Å². The number of hydrogen-bond donors (Lipinski definition) is 3. The van der Waals surface area contributed by atoms with Crippen molar-refractivity contribution in [1.29, 1.82) is 0 Å². The first kappa shape index (κ1) is 22.0. The zero-order valence-corrected chi connectivity index (χ0v) is 17.6. The summed E-state index contributed by atoms with van der Waals surface area (Å²) < 4.78 is 15.0. The van der Waals surface area contributed by atoms with Crippen LogP contribution in [-0.2, 0) is 4.79 Å². The van der Waals surface area contributed by atoms with Gasteiger partial charge in [0.15, 0.2) is 0 Å². The van der Waals surface area contributed by atoms with E-state index in [2.05, 4.69) is 16.2 Å². The van der Waals surface area contributed by atoms with Crippen molar-refractivity contribution in [3.05, 3.63) is 88.0 Å². The zero-order chi connectivity index (χ0) is 22.5. The maximum atomic E-state index is 13.2. The maximum absolute atomic E-state index is 13.2. The van der Waals surface area contributed by atoms with Gasteiger partial charge in [-0.2, -0.15) is 0 Å². The Bertz CT molecular complexity index is 1140. The van der Waals surface area contributed by atoms with E-state index in [1.54, 1.807) is 47.9 Å². The Labute approximate surface area is 183 Å². The summed E-state index contributed by atoms with van der Waals surface area (Å²) in [5.74, 6) is -1.99. The first-order valence-corrected chi connectivity index (χ1v) is 9.72. The molecule has 0 aliphatic carbocycles. The first-order chi connectivity index (χ1) is 14.8. The van der Waals surface area contributed by atoms with Gasteiger partial charge in [-0.1, -0.05) is 23.7 Å². The number of benzene rings is 2. The first-order valence-electron chi connectivity index (χ1n) is 9.34. The molecule has 0 spiro atoms. The average Bonchev–Trinajstić information content (AvgIpc) is 3.05. The summed E-state index contributed by atoms with van der Waals surface area (Å²) in [7, 11) is 0. The van der Waals surface area contributed by atoms with Crippen LogP contribution in [0.25, 0.3) is 5.69 Å². The number of amides is 3. The molecule has 0 atom stereocenters. The van der Waals surface area contributed by atoms with E-state index < -0.39 is 17.7 Å². The van der Waals surface area contributed by atoms with E-state index in [9.17, 15) is 18.8 Å². The van der Waals surface area contributed by atoms with E-state index in [1.165, 1.54) is 18.2 Å². The molecule has 0 unspecified atom stereocenters. The SMILES string of the molecule is Cc1cc(C(=O)NNC(=O)CNC(=O)c2ccccc2Cl)c(C)n1-c1ccc(F)cc1. The van der Waals surface area contributed by atoms with Crippen molar-refractivity contribution >= 4 is 29.3 Å². The molecule has 0 fully saturated rings. The molecule has 0 aliphatic heterocycles. The van der Waals surface area contributed by atoms with Gasteiger partial charge in [0.2, 0.25) is 0 Å². The fourth-order valence-electron chi connectivity index (χ4n) is 3.12. The molecule has 9 heteroatoms. The third kappa shape index (κ3) is 5.10. The minimum atomic E-state index is -0.610. The highest BCUT2D eigenvalue weighted by molar-refractivity contribution is 6.33. The molecule has 0 saturated heterocycles. The Morgan fingerprint density at radius 2 is 1.61 bits per heavy atom. The fourth-order valence-corrected chi connectivity index (χ4v) is 3.34. The van der Waals surface area contributed by atoms with Gasteiger partial charge < -0.3 is 9.88 Å². The van der Waals surface area contributed by atoms with E-state index in [-0.39, 0.29) is 22.9 Å². The summed E-state index contributed by atoms with van der Waals surface area (Å²) in [5.41, 5.74) is 7.29. The molecular weight excluding hydrogens is 423 g/mol. The van der Waals surface area contributed by atoms with E-state index in [0.29, 0.717) is 16.9 Å². The van der Waals surface area contributed by atoms with Gasteiger partial charge in [0.25, 0.3) is 17.7 Å². The van der Waals surface area contributed by atoms with E-state index in [0.717, 1.165) is 5.69 Å². The smallest absolute Gasteiger partial charge is 0.271 e.